The molecule has 0 saturated carbocycles. The van der Waals surface area contributed by atoms with Crippen molar-refractivity contribution >= 4 is 0 Å². The minimum atomic E-state index is -0.293. The van der Waals surface area contributed by atoms with Crippen molar-refractivity contribution in [3.63, 3.8) is 0 Å². The van der Waals surface area contributed by atoms with Gasteiger partial charge >= 0.3 is 0 Å². The molecule has 100 valence electrons. The zero-order valence-corrected chi connectivity index (χ0v) is 11.0. The van der Waals surface area contributed by atoms with Crippen LogP contribution >= 0.6 is 0 Å². The van der Waals surface area contributed by atoms with E-state index in [4.69, 9.17) is 0 Å². The maximum Gasteiger partial charge on any atom is 0.123 e. The smallest absolute Gasteiger partial charge is 0.123 e. The molecule has 2 unspecified atom stereocenters. The SMILES string of the molecule is CNCC1CCCN1C(C)c1cc(F)ccc1O. The largest absolute Gasteiger partial charge is 0.508 e. The number of hydrogen-bond donors (Lipinski definition) is 2. The highest BCUT2D eigenvalue weighted by Gasteiger charge is 2.29. The van der Waals surface area contributed by atoms with Gasteiger partial charge in [-0.05, 0) is 51.6 Å². The lowest BCUT2D eigenvalue weighted by molar-refractivity contribution is 0.188. The minimum Gasteiger partial charge on any atom is -0.508 e. The number of nitrogens with one attached hydrogen (secondary N) is 1. The van der Waals surface area contributed by atoms with E-state index < -0.39 is 0 Å². The molecule has 1 aromatic rings. The second-order valence-corrected chi connectivity index (χ2v) is 4.97. The predicted molar refractivity (Wildman–Crippen MR) is 70.1 cm³/mol. The zero-order chi connectivity index (χ0) is 13.1. The molecular formula is C14H21FN2O. The van der Waals surface area contributed by atoms with Crippen LogP contribution in [0.4, 0.5) is 4.39 Å². The van der Waals surface area contributed by atoms with Gasteiger partial charge in [0.25, 0.3) is 0 Å². The second kappa shape index (κ2) is 5.67. The van der Waals surface area contributed by atoms with Crippen LogP contribution in [0.2, 0.25) is 0 Å². The Labute approximate surface area is 108 Å². The molecule has 0 bridgehead atoms. The van der Waals surface area contributed by atoms with Gasteiger partial charge in [0, 0.05) is 24.2 Å². The fraction of sp³-hybridized carbons (Fsp3) is 0.571. The predicted octanol–water partition coefficient (Wildman–Crippen LogP) is 2.28. The van der Waals surface area contributed by atoms with E-state index in [1.54, 1.807) is 0 Å². The Balaban J connectivity index is 2.19. The maximum atomic E-state index is 13.3. The van der Waals surface area contributed by atoms with E-state index in [2.05, 4.69) is 10.2 Å². The van der Waals surface area contributed by atoms with Crippen molar-refractivity contribution in [3.05, 3.63) is 29.6 Å². The Morgan fingerprint density at radius 3 is 3.06 bits per heavy atom. The monoisotopic (exact) mass is 252 g/mol. The lowest BCUT2D eigenvalue weighted by atomic mass is 10.0. The zero-order valence-electron chi connectivity index (χ0n) is 11.0. The fourth-order valence-corrected chi connectivity index (χ4v) is 2.86. The van der Waals surface area contributed by atoms with E-state index in [-0.39, 0.29) is 17.6 Å². The van der Waals surface area contributed by atoms with Crippen molar-refractivity contribution in [1.82, 2.24) is 10.2 Å². The topological polar surface area (TPSA) is 35.5 Å². The van der Waals surface area contributed by atoms with Gasteiger partial charge in [-0.25, -0.2) is 4.39 Å². The van der Waals surface area contributed by atoms with Gasteiger partial charge in [0.05, 0.1) is 0 Å². The van der Waals surface area contributed by atoms with Gasteiger partial charge in [-0.3, -0.25) is 4.90 Å². The van der Waals surface area contributed by atoms with Crippen molar-refractivity contribution in [3.8, 4) is 5.75 Å². The highest BCUT2D eigenvalue weighted by molar-refractivity contribution is 5.35. The summed E-state index contributed by atoms with van der Waals surface area (Å²) in [6.07, 6.45) is 2.31. The van der Waals surface area contributed by atoms with Crippen LogP contribution in [-0.2, 0) is 0 Å². The number of hydrogen-bond acceptors (Lipinski definition) is 3. The van der Waals surface area contributed by atoms with Gasteiger partial charge in [0.2, 0.25) is 0 Å². The fourth-order valence-electron chi connectivity index (χ4n) is 2.86. The molecule has 1 aromatic carbocycles. The number of nitrogens with zero attached hydrogens (tertiary/aromatic N) is 1. The third-order valence-corrected chi connectivity index (χ3v) is 3.80. The van der Waals surface area contributed by atoms with Crippen LogP contribution in [0, 0.1) is 5.82 Å². The van der Waals surface area contributed by atoms with Gasteiger partial charge in [0.15, 0.2) is 0 Å². The summed E-state index contributed by atoms with van der Waals surface area (Å²) in [6.45, 7) is 3.96. The van der Waals surface area contributed by atoms with Crippen LogP contribution in [0.5, 0.6) is 5.75 Å². The van der Waals surface area contributed by atoms with E-state index >= 15 is 0 Å². The normalized spacial score (nSPS) is 22.3. The average molecular weight is 252 g/mol. The Bertz CT molecular complexity index is 411. The van der Waals surface area contributed by atoms with E-state index in [9.17, 15) is 9.50 Å². The first-order chi connectivity index (χ1) is 8.63. The average Bonchev–Trinajstić information content (AvgIpc) is 2.80. The number of likely N-dealkylation sites (N-methyl/N-ethyl adjacent to an activating group) is 1. The minimum absolute atomic E-state index is 0.0431. The third-order valence-electron chi connectivity index (χ3n) is 3.80. The van der Waals surface area contributed by atoms with E-state index in [0.29, 0.717) is 11.6 Å². The number of likely N-dealkylation sites (tertiary alicyclic amines) is 1. The molecule has 0 spiro atoms. The summed E-state index contributed by atoms with van der Waals surface area (Å²) in [7, 11) is 1.95. The maximum absolute atomic E-state index is 13.3. The first kappa shape index (κ1) is 13.3. The molecule has 1 fully saturated rings. The summed E-state index contributed by atoms with van der Waals surface area (Å²) in [4.78, 5) is 2.34. The molecule has 0 aromatic heterocycles. The quantitative estimate of drug-likeness (QED) is 0.863. The highest BCUT2D eigenvalue weighted by atomic mass is 19.1. The lowest BCUT2D eigenvalue weighted by Crippen LogP contribution is -2.38. The summed E-state index contributed by atoms with van der Waals surface area (Å²) < 4.78 is 13.3. The number of rotatable bonds is 4. The van der Waals surface area contributed by atoms with Crippen LogP contribution in [-0.4, -0.2) is 36.2 Å². The number of phenols is 1. The molecule has 1 saturated heterocycles. The van der Waals surface area contributed by atoms with Crippen molar-refractivity contribution < 1.29 is 9.50 Å². The van der Waals surface area contributed by atoms with Gasteiger partial charge in [0.1, 0.15) is 11.6 Å². The Kier molecular flexibility index (Phi) is 4.19. The van der Waals surface area contributed by atoms with Gasteiger partial charge in [-0.1, -0.05) is 0 Å². The van der Waals surface area contributed by atoms with E-state index in [0.717, 1.165) is 25.9 Å². The summed E-state index contributed by atoms with van der Waals surface area (Å²) in [5, 5.41) is 13.1. The standard InChI is InChI=1S/C14H21FN2O/c1-10(13-8-11(15)5-6-14(13)18)17-7-3-4-12(17)9-16-2/h5-6,8,10,12,16,18H,3-4,7,9H2,1-2H3. The van der Waals surface area contributed by atoms with Crippen molar-refractivity contribution in [2.24, 2.45) is 0 Å². The van der Waals surface area contributed by atoms with Crippen molar-refractivity contribution in [2.45, 2.75) is 31.8 Å². The van der Waals surface area contributed by atoms with Gasteiger partial charge in [-0.2, -0.15) is 0 Å². The van der Waals surface area contributed by atoms with E-state index in [1.807, 2.05) is 14.0 Å². The summed E-state index contributed by atoms with van der Waals surface area (Å²) >= 11 is 0. The van der Waals surface area contributed by atoms with Crippen LogP contribution in [0.25, 0.3) is 0 Å². The summed E-state index contributed by atoms with van der Waals surface area (Å²) in [5.74, 6) is -0.113. The Hall–Kier alpha value is -1.13. The second-order valence-electron chi connectivity index (χ2n) is 4.97. The number of aromatic hydroxyl groups is 1. The van der Waals surface area contributed by atoms with Crippen LogP contribution < -0.4 is 5.32 Å². The first-order valence-electron chi connectivity index (χ1n) is 6.52. The molecule has 2 N–H and O–H groups in total. The van der Waals surface area contributed by atoms with Crippen molar-refractivity contribution in [2.75, 3.05) is 20.1 Å². The van der Waals surface area contributed by atoms with Crippen LogP contribution in [0.1, 0.15) is 31.4 Å². The summed E-state index contributed by atoms with van der Waals surface area (Å²) in [5.41, 5.74) is 0.679. The molecular weight excluding hydrogens is 231 g/mol. The Morgan fingerprint density at radius 1 is 1.56 bits per heavy atom. The molecule has 1 heterocycles. The molecule has 0 amide bonds. The van der Waals surface area contributed by atoms with Gasteiger partial charge in [-0.15, -0.1) is 0 Å². The molecule has 4 heteroatoms. The molecule has 1 aliphatic heterocycles. The third kappa shape index (κ3) is 2.65. The van der Waals surface area contributed by atoms with Crippen LogP contribution in [0.3, 0.4) is 0 Å². The molecule has 2 rings (SSSR count). The van der Waals surface area contributed by atoms with Crippen molar-refractivity contribution in [1.29, 1.82) is 0 Å². The van der Waals surface area contributed by atoms with Gasteiger partial charge < -0.3 is 10.4 Å². The molecule has 2 atom stereocenters. The lowest BCUT2D eigenvalue weighted by Gasteiger charge is -2.31. The summed E-state index contributed by atoms with van der Waals surface area (Å²) in [6, 6.07) is 4.67. The first-order valence-corrected chi connectivity index (χ1v) is 6.52. The highest BCUT2D eigenvalue weighted by Crippen LogP contribution is 2.33. The van der Waals surface area contributed by atoms with E-state index in [1.165, 1.54) is 18.2 Å². The molecule has 3 nitrogen and oxygen atoms in total. The number of halogens is 1. The molecule has 0 aliphatic carbocycles. The number of phenolic OH excluding ortho intramolecular Hbond substituents is 1. The number of benzene rings is 1. The Morgan fingerprint density at radius 2 is 2.33 bits per heavy atom. The molecule has 0 radical (unpaired) electrons. The van der Waals surface area contributed by atoms with Crippen LogP contribution in [0.15, 0.2) is 18.2 Å². The molecule has 1 aliphatic rings. The molecule has 18 heavy (non-hydrogen) atoms.